The lowest BCUT2D eigenvalue weighted by Crippen LogP contribution is -2.46. The van der Waals surface area contributed by atoms with E-state index >= 15 is 0 Å². The highest BCUT2D eigenvalue weighted by Gasteiger charge is 2.28. The van der Waals surface area contributed by atoms with Crippen molar-refractivity contribution in [3.05, 3.63) is 0 Å². The van der Waals surface area contributed by atoms with E-state index in [-0.39, 0.29) is 24.4 Å². The van der Waals surface area contributed by atoms with Gasteiger partial charge in [0.05, 0.1) is 6.42 Å². The van der Waals surface area contributed by atoms with Gasteiger partial charge in [0.1, 0.15) is 0 Å². The Morgan fingerprint density at radius 1 is 1.37 bits per heavy atom. The fourth-order valence-corrected chi connectivity index (χ4v) is 2.08. The van der Waals surface area contributed by atoms with E-state index in [1.165, 1.54) is 4.90 Å². The number of amides is 2. The summed E-state index contributed by atoms with van der Waals surface area (Å²) in [4.78, 5) is 24.0. The molecule has 19 heavy (non-hydrogen) atoms. The number of urea groups is 1. The topological polar surface area (TPSA) is 78.9 Å². The van der Waals surface area contributed by atoms with Crippen LogP contribution in [0.1, 0.15) is 33.1 Å². The molecule has 0 aliphatic carbocycles. The quantitative estimate of drug-likeness (QED) is 0.764. The van der Waals surface area contributed by atoms with Gasteiger partial charge in [-0.1, -0.05) is 6.92 Å². The van der Waals surface area contributed by atoms with Crippen molar-refractivity contribution < 1.29 is 19.4 Å². The lowest BCUT2D eigenvalue weighted by atomic mass is 9.82. The second kappa shape index (κ2) is 7.33. The third-order valence-electron chi connectivity index (χ3n) is 3.63. The molecule has 2 N–H and O–H groups in total. The molecule has 1 heterocycles. The minimum absolute atomic E-state index is 0.0215. The highest BCUT2D eigenvalue weighted by Crippen LogP contribution is 2.28. The Morgan fingerprint density at radius 3 is 2.53 bits per heavy atom. The van der Waals surface area contributed by atoms with Gasteiger partial charge in [0.2, 0.25) is 0 Å². The number of carboxylic acid groups (broad SMARTS) is 1. The maximum Gasteiger partial charge on any atom is 0.317 e. The molecule has 0 aromatic carbocycles. The van der Waals surface area contributed by atoms with E-state index in [4.69, 9.17) is 9.84 Å². The van der Waals surface area contributed by atoms with Crippen molar-refractivity contribution in [2.45, 2.75) is 33.1 Å². The molecule has 0 unspecified atom stereocenters. The molecule has 6 nitrogen and oxygen atoms in total. The molecule has 0 atom stereocenters. The van der Waals surface area contributed by atoms with Gasteiger partial charge >= 0.3 is 12.0 Å². The highest BCUT2D eigenvalue weighted by atomic mass is 16.5. The maximum atomic E-state index is 12.0. The normalized spacial score (nSPS) is 17.8. The number of carbonyl (C=O) groups is 2. The molecule has 0 saturated carbocycles. The van der Waals surface area contributed by atoms with E-state index in [0.717, 1.165) is 26.1 Å². The van der Waals surface area contributed by atoms with Crippen LogP contribution in [0.5, 0.6) is 0 Å². The van der Waals surface area contributed by atoms with Crippen molar-refractivity contribution in [2.75, 3.05) is 32.8 Å². The molecule has 0 spiro atoms. The van der Waals surface area contributed by atoms with Gasteiger partial charge in [-0.3, -0.25) is 4.79 Å². The van der Waals surface area contributed by atoms with Gasteiger partial charge in [0, 0.05) is 32.8 Å². The number of carbonyl (C=O) groups excluding carboxylic acids is 1. The number of carboxylic acids is 1. The van der Waals surface area contributed by atoms with Gasteiger partial charge < -0.3 is 20.1 Å². The van der Waals surface area contributed by atoms with Crippen molar-refractivity contribution in [3.63, 3.8) is 0 Å². The number of aliphatic carboxylic acids is 1. The Kier molecular flexibility index (Phi) is 6.08. The number of ether oxygens (including phenoxy) is 1. The molecule has 0 bridgehead atoms. The largest absolute Gasteiger partial charge is 0.481 e. The van der Waals surface area contributed by atoms with Crippen molar-refractivity contribution in [3.8, 4) is 0 Å². The van der Waals surface area contributed by atoms with Crippen LogP contribution in [0.15, 0.2) is 0 Å². The molecule has 0 radical (unpaired) electrons. The predicted octanol–water partition coefficient (Wildman–Crippen LogP) is 1.31. The van der Waals surface area contributed by atoms with Crippen LogP contribution in [-0.2, 0) is 9.53 Å². The molecule has 2 amide bonds. The zero-order valence-corrected chi connectivity index (χ0v) is 11.8. The SMILES string of the molecule is CCN(CCC(=O)O)C(=O)NCC1(C)CCOCC1. The van der Waals surface area contributed by atoms with E-state index in [1.807, 2.05) is 6.92 Å². The van der Waals surface area contributed by atoms with Gasteiger partial charge in [0.15, 0.2) is 0 Å². The van der Waals surface area contributed by atoms with Gasteiger partial charge in [-0.2, -0.15) is 0 Å². The van der Waals surface area contributed by atoms with Gasteiger partial charge in [-0.05, 0) is 25.2 Å². The minimum atomic E-state index is -0.886. The molecule has 1 aliphatic heterocycles. The van der Waals surface area contributed by atoms with Gasteiger partial charge in [-0.25, -0.2) is 4.79 Å². The first-order chi connectivity index (χ1) is 8.97. The van der Waals surface area contributed by atoms with Crippen molar-refractivity contribution in [1.82, 2.24) is 10.2 Å². The molecule has 1 saturated heterocycles. The first kappa shape index (κ1) is 15.8. The standard InChI is InChI=1S/C13H24N2O4/c1-3-15(7-4-11(16)17)12(18)14-10-13(2)5-8-19-9-6-13/h3-10H2,1-2H3,(H,14,18)(H,16,17). The highest BCUT2D eigenvalue weighted by molar-refractivity contribution is 5.75. The molecule has 1 fully saturated rings. The summed E-state index contributed by atoms with van der Waals surface area (Å²) < 4.78 is 5.32. The van der Waals surface area contributed by atoms with Crippen molar-refractivity contribution in [1.29, 1.82) is 0 Å². The van der Waals surface area contributed by atoms with Crippen molar-refractivity contribution in [2.24, 2.45) is 5.41 Å². The lowest BCUT2D eigenvalue weighted by molar-refractivity contribution is -0.137. The Balaban J connectivity index is 2.37. The summed E-state index contributed by atoms with van der Waals surface area (Å²) in [6.07, 6.45) is 1.86. The number of hydrogen-bond donors (Lipinski definition) is 2. The molecule has 0 aromatic rings. The summed E-state index contributed by atoms with van der Waals surface area (Å²) in [5, 5.41) is 11.5. The van der Waals surface area contributed by atoms with Crippen LogP contribution in [0.3, 0.4) is 0 Å². The van der Waals surface area contributed by atoms with E-state index in [2.05, 4.69) is 12.2 Å². The van der Waals surface area contributed by atoms with E-state index < -0.39 is 5.97 Å². The molecule has 110 valence electrons. The lowest BCUT2D eigenvalue weighted by Gasteiger charge is -2.34. The Hall–Kier alpha value is -1.30. The summed E-state index contributed by atoms with van der Waals surface area (Å²) in [6.45, 7) is 6.84. The minimum Gasteiger partial charge on any atom is -0.481 e. The monoisotopic (exact) mass is 272 g/mol. The summed E-state index contributed by atoms with van der Waals surface area (Å²) in [7, 11) is 0. The average Bonchev–Trinajstić information content (AvgIpc) is 2.38. The number of nitrogens with one attached hydrogen (secondary N) is 1. The molecule has 1 aliphatic rings. The van der Waals surface area contributed by atoms with Crippen LogP contribution >= 0.6 is 0 Å². The summed E-state index contributed by atoms with van der Waals surface area (Å²) >= 11 is 0. The predicted molar refractivity (Wildman–Crippen MR) is 71.1 cm³/mol. The molecule has 0 aromatic heterocycles. The first-order valence-electron chi connectivity index (χ1n) is 6.79. The van der Waals surface area contributed by atoms with Gasteiger partial charge in [-0.15, -0.1) is 0 Å². The molecule has 6 heteroatoms. The average molecular weight is 272 g/mol. The first-order valence-corrected chi connectivity index (χ1v) is 6.79. The van der Waals surface area contributed by atoms with E-state index in [9.17, 15) is 9.59 Å². The van der Waals surface area contributed by atoms with E-state index in [1.54, 1.807) is 0 Å². The second-order valence-electron chi connectivity index (χ2n) is 5.31. The third kappa shape index (κ3) is 5.46. The van der Waals surface area contributed by atoms with Crippen LogP contribution < -0.4 is 5.32 Å². The van der Waals surface area contributed by atoms with Crippen LogP contribution in [0.2, 0.25) is 0 Å². The maximum absolute atomic E-state index is 12.0. The second-order valence-corrected chi connectivity index (χ2v) is 5.31. The molecular formula is C13H24N2O4. The summed E-state index contributed by atoms with van der Waals surface area (Å²) in [6, 6.07) is -0.184. The van der Waals surface area contributed by atoms with Crippen molar-refractivity contribution >= 4 is 12.0 Å². The molecule has 1 rings (SSSR count). The summed E-state index contributed by atoms with van der Waals surface area (Å²) in [5.41, 5.74) is 0.0835. The zero-order valence-electron chi connectivity index (χ0n) is 11.8. The van der Waals surface area contributed by atoms with Crippen LogP contribution in [0, 0.1) is 5.41 Å². The Bertz CT molecular complexity index is 314. The third-order valence-corrected chi connectivity index (χ3v) is 3.63. The number of rotatable bonds is 6. The van der Waals surface area contributed by atoms with E-state index in [0.29, 0.717) is 13.1 Å². The molecular weight excluding hydrogens is 248 g/mol. The van der Waals surface area contributed by atoms with Gasteiger partial charge in [0.25, 0.3) is 0 Å². The number of nitrogens with zero attached hydrogens (tertiary/aromatic N) is 1. The zero-order chi connectivity index (χ0) is 14.3. The smallest absolute Gasteiger partial charge is 0.317 e. The Morgan fingerprint density at radius 2 is 2.00 bits per heavy atom. The number of hydrogen-bond acceptors (Lipinski definition) is 3. The van der Waals surface area contributed by atoms with Crippen LogP contribution in [-0.4, -0.2) is 54.9 Å². The fourth-order valence-electron chi connectivity index (χ4n) is 2.08. The summed E-state index contributed by atoms with van der Waals surface area (Å²) in [5.74, 6) is -0.886. The van der Waals surface area contributed by atoms with Crippen LogP contribution in [0.25, 0.3) is 0 Å². The van der Waals surface area contributed by atoms with Crippen LogP contribution in [0.4, 0.5) is 4.79 Å². The fraction of sp³-hybridized carbons (Fsp3) is 0.846. The Labute approximate surface area is 114 Å².